The molecule has 2 aromatic carbocycles. The maximum Gasteiger partial charge on any atom is 0.220 e. The maximum atomic E-state index is 12.1. The monoisotopic (exact) mass is 539 g/mol. The minimum absolute atomic E-state index is 0.0147. The van der Waals surface area contributed by atoms with Gasteiger partial charge in [-0.2, -0.15) is 0 Å². The third-order valence-corrected chi connectivity index (χ3v) is 5.61. The second-order valence-corrected chi connectivity index (χ2v) is 8.35. The highest BCUT2D eigenvalue weighted by molar-refractivity contribution is 14.1. The fraction of sp³-hybridized carbons (Fsp3) is 0.381. The molecule has 0 heterocycles. The molecule has 0 fully saturated rings. The van der Waals surface area contributed by atoms with Crippen molar-refractivity contribution in [3.8, 4) is 11.5 Å². The Morgan fingerprint density at radius 2 is 2.00 bits per heavy atom. The number of aliphatic hydroxyl groups is 1. The number of phenols is 2. The third-order valence-electron chi connectivity index (χ3n) is 4.75. The molecule has 0 aliphatic heterocycles. The van der Waals surface area contributed by atoms with Gasteiger partial charge >= 0.3 is 0 Å². The highest BCUT2D eigenvalue weighted by atomic mass is 127. The van der Waals surface area contributed by atoms with Crippen molar-refractivity contribution < 1.29 is 20.1 Å². The van der Waals surface area contributed by atoms with E-state index in [1.165, 1.54) is 12.1 Å². The van der Waals surface area contributed by atoms with Crippen LogP contribution in [0.2, 0.25) is 0 Å². The third kappa shape index (κ3) is 8.25. The molecule has 2 atom stereocenters. The van der Waals surface area contributed by atoms with E-state index in [1.54, 1.807) is 12.1 Å². The van der Waals surface area contributed by atoms with Crippen LogP contribution >= 0.6 is 22.6 Å². The molecule has 0 saturated heterocycles. The summed E-state index contributed by atoms with van der Waals surface area (Å²) in [5.74, 6) is -0.552. The summed E-state index contributed by atoms with van der Waals surface area (Å²) in [6, 6.07) is 9.79. The summed E-state index contributed by atoms with van der Waals surface area (Å²) in [6.07, 6.45) is 0.809. The van der Waals surface area contributed by atoms with Crippen LogP contribution in [0.5, 0.6) is 11.5 Å². The number of halogens is 1. The molecule has 0 aromatic heterocycles. The van der Waals surface area contributed by atoms with Gasteiger partial charge in [-0.3, -0.25) is 4.79 Å². The first-order chi connectivity index (χ1) is 14.8. The predicted octanol–water partition coefficient (Wildman–Crippen LogP) is 3.79. The number of benzene rings is 2. The van der Waals surface area contributed by atoms with Gasteiger partial charge < -0.3 is 26.0 Å². The average molecular weight is 539 g/mol. The van der Waals surface area contributed by atoms with E-state index in [0.717, 1.165) is 9.13 Å². The number of aromatic hydroxyl groups is 2. The van der Waals surface area contributed by atoms with Crippen LogP contribution in [0.15, 0.2) is 41.5 Å². The van der Waals surface area contributed by atoms with E-state index in [4.69, 9.17) is 5.53 Å². The molecular weight excluding hydrogens is 513 g/mol. The Kier molecular flexibility index (Phi) is 9.86. The van der Waals surface area contributed by atoms with Gasteiger partial charge in [0.05, 0.1) is 11.8 Å². The van der Waals surface area contributed by atoms with E-state index in [2.05, 4.69) is 43.3 Å². The molecule has 2 aromatic rings. The lowest BCUT2D eigenvalue weighted by Crippen LogP contribution is -2.32. The van der Waals surface area contributed by atoms with E-state index >= 15 is 0 Å². The van der Waals surface area contributed by atoms with Crippen molar-refractivity contribution in [1.82, 2.24) is 10.6 Å². The average Bonchev–Trinajstić information content (AvgIpc) is 2.74. The Morgan fingerprint density at radius 3 is 2.68 bits per heavy atom. The van der Waals surface area contributed by atoms with Gasteiger partial charge in [0.1, 0.15) is 0 Å². The summed E-state index contributed by atoms with van der Waals surface area (Å²) in [7, 11) is 0. The van der Waals surface area contributed by atoms with Crippen molar-refractivity contribution in [3.63, 3.8) is 0 Å². The lowest BCUT2D eigenvalue weighted by atomic mass is 10.1. The normalized spacial score (nSPS) is 12.6. The number of nitrogens with zero attached hydrogens (tertiary/aromatic N) is 3. The molecule has 1 amide bonds. The zero-order valence-electron chi connectivity index (χ0n) is 17.1. The summed E-state index contributed by atoms with van der Waals surface area (Å²) < 4.78 is 0.865. The number of azide groups is 1. The second-order valence-electron chi connectivity index (χ2n) is 7.19. The SMILES string of the molecule is CC(CCC(=O)NCCc1ccc(N=[N+]=[N-])c(I)c1)NCC(O)c1ccc(O)c(O)c1. The smallest absolute Gasteiger partial charge is 0.220 e. The number of amides is 1. The van der Waals surface area contributed by atoms with E-state index < -0.39 is 6.10 Å². The molecule has 0 bridgehead atoms. The largest absolute Gasteiger partial charge is 0.504 e. The highest BCUT2D eigenvalue weighted by Crippen LogP contribution is 2.27. The molecule has 0 spiro atoms. The minimum Gasteiger partial charge on any atom is -0.504 e. The Hall–Kier alpha value is -2.53. The summed E-state index contributed by atoms with van der Waals surface area (Å²) in [5, 5.41) is 38.7. The van der Waals surface area contributed by atoms with Crippen LogP contribution in [-0.2, 0) is 11.2 Å². The molecule has 10 heteroatoms. The number of aliphatic hydroxyl groups excluding tert-OH is 1. The molecule has 0 radical (unpaired) electrons. The first kappa shape index (κ1) is 24.7. The summed E-state index contributed by atoms with van der Waals surface area (Å²) >= 11 is 2.11. The van der Waals surface area contributed by atoms with Crippen LogP contribution in [0.4, 0.5) is 5.69 Å². The van der Waals surface area contributed by atoms with E-state index in [0.29, 0.717) is 37.1 Å². The molecule has 0 aliphatic rings. The molecule has 0 aliphatic carbocycles. The lowest BCUT2D eigenvalue weighted by molar-refractivity contribution is -0.121. The van der Waals surface area contributed by atoms with Gasteiger partial charge in [0.25, 0.3) is 0 Å². The van der Waals surface area contributed by atoms with Crippen molar-refractivity contribution >= 4 is 34.2 Å². The van der Waals surface area contributed by atoms with Crippen LogP contribution < -0.4 is 10.6 Å². The first-order valence-corrected chi connectivity index (χ1v) is 10.9. The van der Waals surface area contributed by atoms with Crippen molar-refractivity contribution in [2.45, 2.75) is 38.3 Å². The van der Waals surface area contributed by atoms with Crippen molar-refractivity contribution in [3.05, 3.63) is 61.5 Å². The highest BCUT2D eigenvalue weighted by Gasteiger charge is 2.12. The standard InChI is InChI=1S/C21H26IN5O4/c1-13(25-12-20(30)15-4-6-18(28)19(29)11-15)2-7-21(31)24-9-8-14-3-5-17(26-27-23)16(22)10-14/h3-6,10-11,13,20,25,28-30H,2,7-9,12H2,1H3,(H,24,31). The van der Waals surface area contributed by atoms with Gasteiger partial charge in [0.15, 0.2) is 11.5 Å². The number of hydrogen-bond acceptors (Lipinski definition) is 6. The summed E-state index contributed by atoms with van der Waals surface area (Å²) in [5.41, 5.74) is 10.6. The molecule has 5 N–H and O–H groups in total. The molecule has 2 unspecified atom stereocenters. The van der Waals surface area contributed by atoms with E-state index in [1.807, 2.05) is 19.1 Å². The predicted molar refractivity (Wildman–Crippen MR) is 126 cm³/mol. The Morgan fingerprint density at radius 1 is 1.23 bits per heavy atom. The Labute approximate surface area is 194 Å². The fourth-order valence-electron chi connectivity index (χ4n) is 2.90. The fourth-order valence-corrected chi connectivity index (χ4v) is 3.59. The van der Waals surface area contributed by atoms with E-state index in [-0.39, 0.29) is 30.0 Å². The molecular formula is C21H26IN5O4. The summed E-state index contributed by atoms with van der Waals surface area (Å²) in [4.78, 5) is 14.9. The van der Waals surface area contributed by atoms with Gasteiger partial charge in [0.2, 0.25) is 5.91 Å². The van der Waals surface area contributed by atoms with Gasteiger partial charge in [-0.05, 0) is 77.2 Å². The molecule has 2 rings (SSSR count). The number of rotatable bonds is 11. The summed E-state index contributed by atoms with van der Waals surface area (Å²) in [6.45, 7) is 2.71. The van der Waals surface area contributed by atoms with Gasteiger partial charge in [0, 0.05) is 34.0 Å². The van der Waals surface area contributed by atoms with E-state index in [9.17, 15) is 20.1 Å². The van der Waals surface area contributed by atoms with Crippen LogP contribution in [-0.4, -0.2) is 40.4 Å². The minimum atomic E-state index is -0.837. The maximum absolute atomic E-state index is 12.1. The zero-order valence-corrected chi connectivity index (χ0v) is 19.3. The first-order valence-electron chi connectivity index (χ1n) is 9.83. The number of carbonyl (C=O) groups is 1. The van der Waals surface area contributed by atoms with Crippen LogP contribution in [0, 0.1) is 3.57 Å². The Balaban J connectivity index is 1.66. The van der Waals surface area contributed by atoms with Crippen molar-refractivity contribution in [2.24, 2.45) is 5.11 Å². The molecule has 166 valence electrons. The van der Waals surface area contributed by atoms with Crippen LogP contribution in [0.1, 0.15) is 37.0 Å². The topological polar surface area (TPSA) is 151 Å². The zero-order chi connectivity index (χ0) is 22.8. The number of phenolic OH excluding ortho intramolecular Hbond substituents is 2. The van der Waals surface area contributed by atoms with Gasteiger partial charge in [-0.25, -0.2) is 0 Å². The van der Waals surface area contributed by atoms with Gasteiger partial charge in [-0.15, -0.1) is 0 Å². The second kappa shape index (κ2) is 12.4. The lowest BCUT2D eigenvalue weighted by Gasteiger charge is -2.17. The number of hydrogen-bond donors (Lipinski definition) is 5. The van der Waals surface area contributed by atoms with Crippen LogP contribution in [0.25, 0.3) is 10.4 Å². The van der Waals surface area contributed by atoms with Gasteiger partial charge in [-0.1, -0.05) is 23.3 Å². The number of carbonyl (C=O) groups excluding carboxylic acids is 1. The quantitative estimate of drug-likeness (QED) is 0.0968. The molecule has 9 nitrogen and oxygen atoms in total. The molecule has 31 heavy (non-hydrogen) atoms. The number of nitrogens with one attached hydrogen (secondary N) is 2. The molecule has 0 saturated carbocycles. The van der Waals surface area contributed by atoms with Crippen molar-refractivity contribution in [2.75, 3.05) is 13.1 Å². The van der Waals surface area contributed by atoms with Crippen molar-refractivity contribution in [1.29, 1.82) is 0 Å². The van der Waals surface area contributed by atoms with Crippen LogP contribution in [0.3, 0.4) is 0 Å². The Bertz CT molecular complexity index is 949.